The quantitative estimate of drug-likeness (QED) is 0.211. The van der Waals surface area contributed by atoms with Gasteiger partial charge in [-0.15, -0.1) is 0 Å². The third-order valence-corrected chi connectivity index (χ3v) is 6.07. The van der Waals surface area contributed by atoms with Crippen LogP contribution in [0.15, 0.2) is 85.0 Å². The minimum absolute atomic E-state index is 0.0906. The Morgan fingerprint density at radius 3 is 1.82 bits per heavy atom. The molecule has 3 rings (SSSR count). The first-order valence-corrected chi connectivity index (χ1v) is 11.8. The zero-order valence-electron chi connectivity index (χ0n) is 19.4. The average molecular weight is 481 g/mol. The topological polar surface area (TPSA) is 0 Å². The van der Waals surface area contributed by atoms with Crippen LogP contribution in [-0.2, 0) is 12.8 Å². The van der Waals surface area contributed by atoms with Crippen LogP contribution < -0.4 is 0 Å². The Kier molecular flexibility index (Phi) is 9.35. The molecule has 3 aromatic carbocycles. The number of benzene rings is 3. The fourth-order valence-electron chi connectivity index (χ4n) is 3.69. The van der Waals surface area contributed by atoms with Crippen molar-refractivity contribution in [2.75, 3.05) is 0 Å². The molecule has 0 fully saturated rings. The van der Waals surface area contributed by atoms with E-state index >= 15 is 0 Å². The molecule has 0 saturated carbocycles. The van der Waals surface area contributed by atoms with Crippen molar-refractivity contribution in [1.29, 1.82) is 0 Å². The van der Waals surface area contributed by atoms with Crippen LogP contribution in [-0.4, -0.2) is 0 Å². The van der Waals surface area contributed by atoms with E-state index in [1.807, 2.05) is 44.2 Å². The van der Waals surface area contributed by atoms with E-state index in [-0.39, 0.29) is 16.1 Å². The van der Waals surface area contributed by atoms with E-state index in [1.54, 1.807) is 36.4 Å². The van der Waals surface area contributed by atoms with E-state index in [2.05, 4.69) is 6.08 Å². The number of hydrogen-bond donors (Lipinski definition) is 0. The smallest absolute Gasteiger partial charge is 0.166 e. The van der Waals surface area contributed by atoms with Crippen molar-refractivity contribution in [1.82, 2.24) is 0 Å². The third kappa shape index (κ3) is 6.30. The minimum Gasteiger partial charge on any atom is -0.205 e. The van der Waals surface area contributed by atoms with Crippen LogP contribution in [0.3, 0.4) is 0 Å². The maximum absolute atomic E-state index is 14.9. The summed E-state index contributed by atoms with van der Waals surface area (Å²) in [5.41, 5.74) is 2.94. The summed E-state index contributed by atoms with van der Waals surface area (Å²) in [5, 5.41) is 0.0948. The fourth-order valence-corrected chi connectivity index (χ4v) is 3.95. The normalized spacial score (nSPS) is 12.5. The molecule has 0 aliphatic carbocycles. The second kappa shape index (κ2) is 12.4. The van der Waals surface area contributed by atoms with Gasteiger partial charge in [0.2, 0.25) is 0 Å². The third-order valence-electron chi connectivity index (χ3n) is 5.66. The van der Waals surface area contributed by atoms with E-state index in [4.69, 9.17) is 11.6 Å². The molecule has 0 amide bonds. The molecular weight excluding hydrogens is 453 g/mol. The van der Waals surface area contributed by atoms with Gasteiger partial charge in [-0.1, -0.05) is 96.6 Å². The molecule has 0 saturated heterocycles. The molecule has 4 heteroatoms. The first kappa shape index (κ1) is 25.6. The lowest BCUT2D eigenvalue weighted by Gasteiger charge is -2.10. The molecule has 0 unspecified atom stereocenters. The highest BCUT2D eigenvalue weighted by Gasteiger charge is 2.15. The highest BCUT2D eigenvalue weighted by molar-refractivity contribution is 6.31. The first-order valence-electron chi connectivity index (χ1n) is 11.4. The molecule has 0 spiro atoms. The molecule has 0 radical (unpaired) electrons. The Labute approximate surface area is 205 Å². The van der Waals surface area contributed by atoms with Crippen molar-refractivity contribution in [2.45, 2.75) is 39.5 Å². The zero-order valence-corrected chi connectivity index (χ0v) is 20.2. The standard InChI is InChI=1S/C30H28ClF3/c1-3-5-7-9-21-11-13-24(14-12-21)28(32)29(33)25-17-15-22(16-18-25)26-20-19-23(10-8-6-4-2)27(31)30(26)34/h3-6,11-20H,7-10H2,1-2H3/b5-3+,6-4+,29-28+. The van der Waals surface area contributed by atoms with Gasteiger partial charge in [0.15, 0.2) is 11.7 Å². The van der Waals surface area contributed by atoms with Crippen molar-refractivity contribution in [2.24, 2.45) is 0 Å². The maximum Gasteiger partial charge on any atom is 0.166 e. The van der Waals surface area contributed by atoms with E-state index in [9.17, 15) is 13.2 Å². The van der Waals surface area contributed by atoms with Crippen molar-refractivity contribution in [3.63, 3.8) is 0 Å². The highest BCUT2D eigenvalue weighted by atomic mass is 35.5. The van der Waals surface area contributed by atoms with Crippen LogP contribution in [0, 0.1) is 5.82 Å². The number of allylic oxidation sites excluding steroid dienone is 4. The zero-order chi connectivity index (χ0) is 24.5. The summed E-state index contributed by atoms with van der Waals surface area (Å²) in [4.78, 5) is 0. The number of halogens is 4. The Hall–Kier alpha value is -3.04. The van der Waals surface area contributed by atoms with Crippen molar-refractivity contribution < 1.29 is 13.2 Å². The van der Waals surface area contributed by atoms with Crippen LogP contribution >= 0.6 is 11.6 Å². The van der Waals surface area contributed by atoms with E-state index in [1.165, 1.54) is 12.1 Å². The van der Waals surface area contributed by atoms with Crippen LogP contribution in [0.4, 0.5) is 13.2 Å². The number of rotatable bonds is 9. The first-order chi connectivity index (χ1) is 16.5. The molecule has 0 nitrogen and oxygen atoms in total. The SMILES string of the molecule is C/C=C/CCc1ccc(/C(F)=C(\F)c2ccc(-c3ccc(CC/C=C/C)c(Cl)c3F)cc2)cc1. The lowest BCUT2D eigenvalue weighted by Crippen LogP contribution is -1.93. The molecule has 0 heterocycles. The van der Waals surface area contributed by atoms with Gasteiger partial charge in [-0.2, -0.15) is 0 Å². The van der Waals surface area contributed by atoms with Gasteiger partial charge in [-0.25, -0.2) is 13.2 Å². The lowest BCUT2D eigenvalue weighted by atomic mass is 9.99. The van der Waals surface area contributed by atoms with Crippen molar-refractivity contribution in [3.05, 3.63) is 118 Å². The minimum atomic E-state index is -0.953. The molecule has 0 aromatic heterocycles. The van der Waals surface area contributed by atoms with Gasteiger partial charge in [0.25, 0.3) is 0 Å². The molecule has 0 N–H and O–H groups in total. The van der Waals surface area contributed by atoms with Gasteiger partial charge in [-0.3, -0.25) is 0 Å². The number of hydrogen-bond acceptors (Lipinski definition) is 0. The van der Waals surface area contributed by atoms with Crippen LogP contribution in [0.25, 0.3) is 22.8 Å². The average Bonchev–Trinajstić information content (AvgIpc) is 2.87. The monoisotopic (exact) mass is 480 g/mol. The summed E-state index contributed by atoms with van der Waals surface area (Å²) in [5.74, 6) is -2.39. The van der Waals surface area contributed by atoms with Gasteiger partial charge in [0.1, 0.15) is 5.82 Å². The van der Waals surface area contributed by atoms with E-state index in [0.717, 1.165) is 30.4 Å². The summed E-state index contributed by atoms with van der Waals surface area (Å²) in [7, 11) is 0. The Bertz CT molecular complexity index is 1190. The van der Waals surface area contributed by atoms with Crippen LogP contribution in [0.2, 0.25) is 5.02 Å². The fraction of sp³-hybridized carbons (Fsp3) is 0.200. The Morgan fingerprint density at radius 2 is 1.26 bits per heavy atom. The summed E-state index contributed by atoms with van der Waals surface area (Å²) in [6.45, 7) is 3.90. The molecular formula is C30H28ClF3. The highest BCUT2D eigenvalue weighted by Crippen LogP contribution is 2.34. The van der Waals surface area contributed by atoms with Gasteiger partial charge in [0.05, 0.1) is 5.02 Å². The van der Waals surface area contributed by atoms with Crippen LogP contribution in [0.1, 0.15) is 48.9 Å². The van der Waals surface area contributed by atoms with Crippen molar-refractivity contribution in [3.8, 4) is 11.1 Å². The lowest BCUT2D eigenvalue weighted by molar-refractivity contribution is 0.629. The van der Waals surface area contributed by atoms with E-state index in [0.29, 0.717) is 17.5 Å². The molecule has 0 atom stereocenters. The summed E-state index contributed by atoms with van der Waals surface area (Å²) >= 11 is 6.25. The van der Waals surface area contributed by atoms with Gasteiger partial charge in [-0.05, 0) is 56.2 Å². The predicted molar refractivity (Wildman–Crippen MR) is 139 cm³/mol. The van der Waals surface area contributed by atoms with E-state index < -0.39 is 17.5 Å². The summed E-state index contributed by atoms with van der Waals surface area (Å²) in [6, 6.07) is 16.3. The largest absolute Gasteiger partial charge is 0.205 e. The molecule has 176 valence electrons. The molecule has 34 heavy (non-hydrogen) atoms. The van der Waals surface area contributed by atoms with Gasteiger partial charge < -0.3 is 0 Å². The Morgan fingerprint density at radius 1 is 0.735 bits per heavy atom. The molecule has 3 aromatic rings. The Balaban J connectivity index is 1.79. The van der Waals surface area contributed by atoms with Gasteiger partial charge in [0, 0.05) is 16.7 Å². The summed E-state index contributed by atoms with van der Waals surface area (Å²) < 4.78 is 44.5. The second-order valence-electron chi connectivity index (χ2n) is 8.02. The second-order valence-corrected chi connectivity index (χ2v) is 8.40. The molecule has 0 aliphatic rings. The van der Waals surface area contributed by atoms with Crippen LogP contribution in [0.5, 0.6) is 0 Å². The van der Waals surface area contributed by atoms with Gasteiger partial charge >= 0.3 is 0 Å². The number of aryl methyl sites for hydroxylation is 2. The summed E-state index contributed by atoms with van der Waals surface area (Å²) in [6.07, 6.45) is 11.2. The molecule has 0 bridgehead atoms. The molecule has 0 aliphatic heterocycles. The van der Waals surface area contributed by atoms with Crippen molar-refractivity contribution >= 4 is 23.3 Å². The maximum atomic E-state index is 14.9. The predicted octanol–water partition coefficient (Wildman–Crippen LogP) is 9.93.